The van der Waals surface area contributed by atoms with Gasteiger partial charge in [0.05, 0.1) is 23.6 Å². The summed E-state index contributed by atoms with van der Waals surface area (Å²) in [5.74, 6) is -0.969. The molecule has 7 heteroatoms. The summed E-state index contributed by atoms with van der Waals surface area (Å²) in [6.07, 6.45) is 1.98. The minimum absolute atomic E-state index is 0.0503. The van der Waals surface area contributed by atoms with Gasteiger partial charge in [-0.25, -0.2) is 4.79 Å². The molecule has 0 saturated carbocycles. The van der Waals surface area contributed by atoms with Crippen LogP contribution in [0.5, 0.6) is 5.75 Å². The number of pyridine rings is 1. The molecule has 1 atom stereocenters. The van der Waals surface area contributed by atoms with Gasteiger partial charge in [0, 0.05) is 10.3 Å². The number of H-pyrrole nitrogens is 1. The van der Waals surface area contributed by atoms with Crippen molar-refractivity contribution >= 4 is 28.6 Å². The summed E-state index contributed by atoms with van der Waals surface area (Å²) in [5, 5.41) is 0.721. The Bertz CT molecular complexity index is 1180. The molecule has 0 aliphatic carbocycles. The SMILES string of the molecule is CCOC(=O)C1=C(N)Oc2c(c(=O)[nH]c3ccccc23)[C@@H]1c1ccc(SC)cc1. The molecule has 2 aromatic carbocycles. The monoisotopic (exact) mass is 408 g/mol. The van der Waals surface area contributed by atoms with Crippen LogP contribution in [0.1, 0.15) is 24.0 Å². The second kappa shape index (κ2) is 7.67. The Morgan fingerprint density at radius 3 is 2.62 bits per heavy atom. The molecule has 148 valence electrons. The van der Waals surface area contributed by atoms with Crippen molar-refractivity contribution in [1.29, 1.82) is 0 Å². The summed E-state index contributed by atoms with van der Waals surface area (Å²) in [4.78, 5) is 29.8. The van der Waals surface area contributed by atoms with Gasteiger partial charge in [0.1, 0.15) is 11.3 Å². The van der Waals surface area contributed by atoms with Gasteiger partial charge in [-0.3, -0.25) is 4.79 Å². The zero-order valence-electron chi connectivity index (χ0n) is 16.0. The Morgan fingerprint density at radius 2 is 1.93 bits per heavy atom. The van der Waals surface area contributed by atoms with E-state index in [1.165, 1.54) is 0 Å². The molecule has 1 aliphatic heterocycles. The average molecular weight is 408 g/mol. The van der Waals surface area contributed by atoms with Crippen LogP contribution in [0.2, 0.25) is 0 Å². The Hall–Kier alpha value is -3.19. The summed E-state index contributed by atoms with van der Waals surface area (Å²) in [5.41, 5.74) is 7.75. The number of thioether (sulfide) groups is 1. The van der Waals surface area contributed by atoms with Crippen molar-refractivity contribution in [3.63, 3.8) is 0 Å². The highest BCUT2D eigenvalue weighted by Crippen LogP contribution is 2.43. The van der Waals surface area contributed by atoms with E-state index in [-0.39, 0.29) is 23.6 Å². The second-order valence-electron chi connectivity index (χ2n) is 6.55. The molecule has 0 fully saturated rings. The van der Waals surface area contributed by atoms with Gasteiger partial charge in [0.15, 0.2) is 0 Å². The predicted octanol–water partition coefficient (Wildman–Crippen LogP) is 3.51. The minimum atomic E-state index is -0.693. The van der Waals surface area contributed by atoms with E-state index in [2.05, 4.69) is 4.98 Å². The van der Waals surface area contributed by atoms with Gasteiger partial charge < -0.3 is 20.2 Å². The van der Waals surface area contributed by atoms with Crippen molar-refractivity contribution in [3.8, 4) is 5.75 Å². The maximum absolute atomic E-state index is 13.1. The first-order valence-electron chi connectivity index (χ1n) is 9.18. The van der Waals surface area contributed by atoms with E-state index in [1.807, 2.05) is 48.7 Å². The first-order valence-corrected chi connectivity index (χ1v) is 10.4. The highest BCUT2D eigenvalue weighted by molar-refractivity contribution is 7.98. The van der Waals surface area contributed by atoms with Gasteiger partial charge in [-0.2, -0.15) is 0 Å². The van der Waals surface area contributed by atoms with Gasteiger partial charge in [-0.1, -0.05) is 24.3 Å². The van der Waals surface area contributed by atoms with Crippen molar-refractivity contribution < 1.29 is 14.3 Å². The van der Waals surface area contributed by atoms with Crippen LogP contribution < -0.4 is 16.0 Å². The zero-order chi connectivity index (χ0) is 20.5. The third-order valence-electron chi connectivity index (χ3n) is 4.91. The molecule has 0 unspecified atom stereocenters. The molecule has 3 N–H and O–H groups in total. The summed E-state index contributed by atoms with van der Waals surface area (Å²) in [6, 6.07) is 15.0. The average Bonchev–Trinajstić information content (AvgIpc) is 2.73. The van der Waals surface area contributed by atoms with Gasteiger partial charge in [0.2, 0.25) is 5.88 Å². The van der Waals surface area contributed by atoms with Crippen molar-refractivity contribution in [2.45, 2.75) is 17.7 Å². The topological polar surface area (TPSA) is 94.4 Å². The van der Waals surface area contributed by atoms with Gasteiger partial charge in [-0.05, 0) is 43.0 Å². The summed E-state index contributed by atoms with van der Waals surface area (Å²) >= 11 is 1.61. The lowest BCUT2D eigenvalue weighted by molar-refractivity contribution is -0.139. The highest BCUT2D eigenvalue weighted by atomic mass is 32.2. The number of ether oxygens (including phenoxy) is 2. The molecule has 29 heavy (non-hydrogen) atoms. The predicted molar refractivity (Wildman–Crippen MR) is 113 cm³/mol. The molecule has 1 aliphatic rings. The molecule has 3 aromatic rings. The molecular formula is C22H20N2O4S. The molecule has 0 bridgehead atoms. The number of para-hydroxylation sites is 1. The lowest BCUT2D eigenvalue weighted by atomic mass is 9.83. The minimum Gasteiger partial charge on any atom is -0.462 e. The Kier molecular flexibility index (Phi) is 5.07. The highest BCUT2D eigenvalue weighted by Gasteiger charge is 2.38. The number of nitrogens with one attached hydrogen (secondary N) is 1. The second-order valence-corrected chi connectivity index (χ2v) is 7.43. The third-order valence-corrected chi connectivity index (χ3v) is 5.65. The fourth-order valence-corrected chi connectivity index (χ4v) is 4.02. The summed E-state index contributed by atoms with van der Waals surface area (Å²) < 4.78 is 11.1. The van der Waals surface area contributed by atoms with Crippen LogP contribution in [0.4, 0.5) is 0 Å². The number of aromatic amines is 1. The number of hydrogen-bond acceptors (Lipinski definition) is 6. The molecule has 0 spiro atoms. The van der Waals surface area contributed by atoms with E-state index in [0.717, 1.165) is 15.8 Å². The van der Waals surface area contributed by atoms with Crippen LogP contribution in [0, 0.1) is 0 Å². The smallest absolute Gasteiger partial charge is 0.340 e. The fourth-order valence-electron chi connectivity index (χ4n) is 3.61. The van der Waals surface area contributed by atoms with Crippen LogP contribution in [0.15, 0.2) is 69.7 Å². The number of nitrogens with two attached hydrogens (primary N) is 1. The number of hydrogen-bond donors (Lipinski definition) is 2. The summed E-state index contributed by atoms with van der Waals surface area (Å²) in [7, 11) is 0. The van der Waals surface area contributed by atoms with E-state index in [4.69, 9.17) is 15.2 Å². The number of carbonyl (C=O) groups is 1. The van der Waals surface area contributed by atoms with E-state index < -0.39 is 11.9 Å². The molecule has 6 nitrogen and oxygen atoms in total. The number of carbonyl (C=O) groups excluding carboxylic acids is 1. The summed E-state index contributed by atoms with van der Waals surface area (Å²) in [6.45, 7) is 1.91. The van der Waals surface area contributed by atoms with E-state index in [0.29, 0.717) is 16.8 Å². The molecule has 1 aromatic heterocycles. The van der Waals surface area contributed by atoms with Crippen molar-refractivity contribution in [1.82, 2.24) is 4.98 Å². The zero-order valence-corrected chi connectivity index (χ0v) is 16.8. The Morgan fingerprint density at radius 1 is 1.21 bits per heavy atom. The van der Waals surface area contributed by atoms with E-state index >= 15 is 0 Å². The van der Waals surface area contributed by atoms with Crippen molar-refractivity contribution in [2.75, 3.05) is 12.9 Å². The molecule has 0 amide bonds. The van der Waals surface area contributed by atoms with E-state index in [9.17, 15) is 9.59 Å². The molecule has 4 rings (SSSR count). The standard InChI is InChI=1S/C22H20N2O4S/c1-3-27-22(26)18-16(12-8-10-13(29-2)11-9-12)17-19(28-20(18)23)14-6-4-5-7-15(14)24-21(17)25/h4-11,16H,3,23H2,1-2H3,(H,24,25)/t16-/m0/s1. The maximum atomic E-state index is 13.1. The normalized spacial score (nSPS) is 15.7. The Labute approximate surface area is 171 Å². The lowest BCUT2D eigenvalue weighted by Gasteiger charge is -2.28. The third kappa shape index (κ3) is 3.27. The molecule has 0 saturated heterocycles. The van der Waals surface area contributed by atoms with Crippen LogP contribution in [-0.2, 0) is 9.53 Å². The number of fused-ring (bicyclic) bond motifs is 3. The quantitative estimate of drug-likeness (QED) is 0.507. The maximum Gasteiger partial charge on any atom is 0.340 e. The van der Waals surface area contributed by atoms with Gasteiger partial charge in [-0.15, -0.1) is 11.8 Å². The molecule has 2 heterocycles. The first kappa shape index (κ1) is 19.1. The van der Waals surface area contributed by atoms with E-state index in [1.54, 1.807) is 24.8 Å². The number of aromatic nitrogens is 1. The van der Waals surface area contributed by atoms with Crippen molar-refractivity contribution in [3.05, 3.63) is 81.5 Å². The van der Waals surface area contributed by atoms with Crippen molar-refractivity contribution in [2.24, 2.45) is 5.73 Å². The van der Waals surface area contributed by atoms with Gasteiger partial charge in [0.25, 0.3) is 5.56 Å². The van der Waals surface area contributed by atoms with Crippen LogP contribution in [0.25, 0.3) is 10.9 Å². The molecular weight excluding hydrogens is 388 g/mol. The lowest BCUT2D eigenvalue weighted by Crippen LogP contribution is -2.32. The number of esters is 1. The van der Waals surface area contributed by atoms with Crippen LogP contribution >= 0.6 is 11.8 Å². The fraction of sp³-hybridized carbons (Fsp3) is 0.182. The van der Waals surface area contributed by atoms with Gasteiger partial charge >= 0.3 is 5.97 Å². The Balaban J connectivity index is 2.01. The number of rotatable bonds is 4. The molecule has 0 radical (unpaired) electrons. The van der Waals surface area contributed by atoms with Crippen LogP contribution in [0.3, 0.4) is 0 Å². The first-order chi connectivity index (χ1) is 14.0. The number of benzene rings is 2. The van der Waals surface area contributed by atoms with Crippen LogP contribution in [-0.4, -0.2) is 23.8 Å². The largest absolute Gasteiger partial charge is 0.462 e.